The Kier molecular flexibility index (Phi) is 5.24. The second-order valence-corrected chi connectivity index (χ2v) is 4.79. The summed E-state index contributed by atoms with van der Waals surface area (Å²) in [6.45, 7) is 4.24. The van der Waals surface area contributed by atoms with Crippen molar-refractivity contribution in [2.45, 2.75) is 26.8 Å². The Morgan fingerprint density at radius 2 is 2.00 bits per heavy atom. The molecule has 0 atom stereocenters. The summed E-state index contributed by atoms with van der Waals surface area (Å²) < 4.78 is 6.54. The van der Waals surface area contributed by atoms with Crippen LogP contribution in [0.2, 0.25) is 0 Å². The van der Waals surface area contributed by atoms with Crippen LogP contribution in [-0.2, 0) is 16.1 Å². The highest BCUT2D eigenvalue weighted by atomic mass is 16.5. The minimum atomic E-state index is -0.363. The third-order valence-electron chi connectivity index (χ3n) is 2.95. The highest BCUT2D eigenvalue weighted by Crippen LogP contribution is 2.11. The number of benzene rings is 1. The zero-order chi connectivity index (χ0) is 15.9. The molecule has 1 amide bonds. The van der Waals surface area contributed by atoms with Gasteiger partial charge >= 0.3 is 5.97 Å². The van der Waals surface area contributed by atoms with Crippen molar-refractivity contribution in [3.8, 4) is 0 Å². The van der Waals surface area contributed by atoms with Crippen molar-refractivity contribution >= 4 is 17.6 Å². The van der Waals surface area contributed by atoms with Gasteiger partial charge in [0.2, 0.25) is 5.91 Å². The second-order valence-electron chi connectivity index (χ2n) is 4.79. The number of carbonyl (C=O) groups is 2. The van der Waals surface area contributed by atoms with Crippen molar-refractivity contribution in [2.24, 2.45) is 0 Å². The molecular formula is C15H18N4O3. The van der Waals surface area contributed by atoms with Gasteiger partial charge in [-0.15, -0.1) is 5.10 Å². The molecule has 0 fully saturated rings. The first-order valence-electron chi connectivity index (χ1n) is 7.02. The molecule has 0 aliphatic rings. The molecule has 2 aromatic rings. The largest absolute Gasteiger partial charge is 0.462 e. The molecule has 22 heavy (non-hydrogen) atoms. The fourth-order valence-electron chi connectivity index (χ4n) is 1.77. The van der Waals surface area contributed by atoms with Crippen molar-refractivity contribution < 1.29 is 14.3 Å². The summed E-state index contributed by atoms with van der Waals surface area (Å²) in [5, 5.41) is 10.3. The molecule has 116 valence electrons. The number of nitrogens with one attached hydrogen (secondary N) is 1. The summed E-state index contributed by atoms with van der Waals surface area (Å²) >= 11 is 0. The maximum atomic E-state index is 11.9. The molecule has 0 unspecified atom stereocenters. The monoisotopic (exact) mass is 302 g/mol. The SMILES string of the molecule is CCCOC(=O)c1ccc(NC(=O)Cn2nncc2C)cc1. The van der Waals surface area contributed by atoms with Crippen molar-refractivity contribution in [1.29, 1.82) is 0 Å². The van der Waals surface area contributed by atoms with Gasteiger partial charge in [0.1, 0.15) is 6.54 Å². The van der Waals surface area contributed by atoms with E-state index >= 15 is 0 Å². The molecular weight excluding hydrogens is 284 g/mol. The molecule has 0 aliphatic heterocycles. The zero-order valence-corrected chi connectivity index (χ0v) is 12.6. The highest BCUT2D eigenvalue weighted by molar-refractivity contribution is 5.92. The number of amides is 1. The number of esters is 1. The number of hydrogen-bond acceptors (Lipinski definition) is 5. The Morgan fingerprint density at radius 3 is 2.59 bits per heavy atom. The maximum Gasteiger partial charge on any atom is 0.338 e. The Morgan fingerprint density at radius 1 is 1.27 bits per heavy atom. The van der Waals surface area contributed by atoms with Gasteiger partial charge in [0.05, 0.1) is 24.1 Å². The van der Waals surface area contributed by atoms with Crippen molar-refractivity contribution in [1.82, 2.24) is 15.0 Å². The predicted octanol–water partition coefficient (Wildman–Crippen LogP) is 1.79. The van der Waals surface area contributed by atoms with Gasteiger partial charge < -0.3 is 10.1 Å². The Balaban J connectivity index is 1.92. The lowest BCUT2D eigenvalue weighted by molar-refractivity contribution is -0.117. The van der Waals surface area contributed by atoms with Crippen LogP contribution in [-0.4, -0.2) is 33.5 Å². The summed E-state index contributed by atoms with van der Waals surface area (Å²) in [5.41, 5.74) is 1.87. The van der Waals surface area contributed by atoms with E-state index in [4.69, 9.17) is 4.74 Å². The molecule has 0 radical (unpaired) electrons. The van der Waals surface area contributed by atoms with Crippen LogP contribution < -0.4 is 5.32 Å². The Hall–Kier alpha value is -2.70. The summed E-state index contributed by atoms with van der Waals surface area (Å²) in [7, 11) is 0. The third kappa shape index (κ3) is 4.15. The first-order valence-corrected chi connectivity index (χ1v) is 7.02. The average Bonchev–Trinajstić information content (AvgIpc) is 2.90. The van der Waals surface area contributed by atoms with Gasteiger partial charge in [-0.25, -0.2) is 9.48 Å². The van der Waals surface area contributed by atoms with E-state index in [0.29, 0.717) is 17.9 Å². The molecule has 0 bridgehead atoms. The standard InChI is InChI=1S/C15H18N4O3/c1-3-8-22-15(21)12-4-6-13(7-5-12)17-14(20)10-19-11(2)9-16-18-19/h4-7,9H,3,8,10H2,1-2H3,(H,17,20). The number of nitrogens with zero attached hydrogens (tertiary/aromatic N) is 3. The molecule has 7 nitrogen and oxygen atoms in total. The van der Waals surface area contributed by atoms with Gasteiger partial charge in [-0.05, 0) is 37.6 Å². The summed E-state index contributed by atoms with van der Waals surface area (Å²) in [4.78, 5) is 23.6. The van der Waals surface area contributed by atoms with Crippen LogP contribution in [0.15, 0.2) is 30.5 Å². The van der Waals surface area contributed by atoms with Gasteiger partial charge in [0.25, 0.3) is 0 Å². The molecule has 1 heterocycles. The third-order valence-corrected chi connectivity index (χ3v) is 2.95. The van der Waals surface area contributed by atoms with Gasteiger partial charge in [-0.2, -0.15) is 0 Å². The fourth-order valence-corrected chi connectivity index (χ4v) is 1.77. The van der Waals surface area contributed by atoms with Crippen LogP contribution in [0.5, 0.6) is 0 Å². The maximum absolute atomic E-state index is 11.9. The number of carbonyl (C=O) groups excluding carboxylic acids is 2. The number of ether oxygens (including phenoxy) is 1. The molecule has 1 N–H and O–H groups in total. The Labute approximate surface area is 128 Å². The minimum absolute atomic E-state index is 0.0894. The van der Waals surface area contributed by atoms with Crippen LogP contribution in [0, 0.1) is 6.92 Å². The topological polar surface area (TPSA) is 86.1 Å². The lowest BCUT2D eigenvalue weighted by atomic mass is 10.2. The molecule has 2 rings (SSSR count). The first-order chi connectivity index (χ1) is 10.6. The van der Waals surface area contributed by atoms with E-state index in [1.165, 1.54) is 4.68 Å². The van der Waals surface area contributed by atoms with Crippen LogP contribution in [0.25, 0.3) is 0 Å². The smallest absolute Gasteiger partial charge is 0.338 e. The molecule has 0 aliphatic carbocycles. The van der Waals surface area contributed by atoms with Crippen LogP contribution >= 0.6 is 0 Å². The zero-order valence-electron chi connectivity index (χ0n) is 12.6. The van der Waals surface area contributed by atoms with E-state index in [-0.39, 0.29) is 18.4 Å². The quantitative estimate of drug-likeness (QED) is 0.822. The van der Waals surface area contributed by atoms with Gasteiger partial charge in [0, 0.05) is 5.69 Å². The number of aromatic nitrogens is 3. The van der Waals surface area contributed by atoms with Gasteiger partial charge in [-0.1, -0.05) is 12.1 Å². The van der Waals surface area contributed by atoms with E-state index in [1.54, 1.807) is 30.5 Å². The summed E-state index contributed by atoms with van der Waals surface area (Å²) in [6, 6.07) is 6.56. The number of aryl methyl sites for hydroxylation is 1. The second kappa shape index (κ2) is 7.35. The van der Waals surface area contributed by atoms with Crippen molar-refractivity contribution in [3.05, 3.63) is 41.7 Å². The lowest BCUT2D eigenvalue weighted by Gasteiger charge is -2.07. The molecule has 0 saturated heterocycles. The van der Waals surface area contributed by atoms with E-state index in [2.05, 4.69) is 15.6 Å². The number of hydrogen-bond donors (Lipinski definition) is 1. The van der Waals surface area contributed by atoms with Gasteiger partial charge in [-0.3, -0.25) is 4.79 Å². The number of rotatable bonds is 6. The van der Waals surface area contributed by atoms with Crippen molar-refractivity contribution in [3.63, 3.8) is 0 Å². The Bertz CT molecular complexity index is 649. The highest BCUT2D eigenvalue weighted by Gasteiger charge is 2.09. The van der Waals surface area contributed by atoms with Gasteiger partial charge in [0.15, 0.2) is 0 Å². The first kappa shape index (κ1) is 15.7. The molecule has 1 aromatic carbocycles. The minimum Gasteiger partial charge on any atom is -0.462 e. The van der Waals surface area contributed by atoms with E-state index in [0.717, 1.165) is 12.1 Å². The number of anilines is 1. The average molecular weight is 302 g/mol. The summed E-state index contributed by atoms with van der Waals surface area (Å²) in [5.74, 6) is -0.576. The van der Waals surface area contributed by atoms with Crippen LogP contribution in [0.1, 0.15) is 29.4 Å². The molecule has 0 spiro atoms. The van der Waals surface area contributed by atoms with E-state index in [9.17, 15) is 9.59 Å². The molecule has 0 saturated carbocycles. The van der Waals surface area contributed by atoms with E-state index < -0.39 is 0 Å². The fraction of sp³-hybridized carbons (Fsp3) is 0.333. The predicted molar refractivity (Wildman–Crippen MR) is 80.4 cm³/mol. The van der Waals surface area contributed by atoms with Crippen LogP contribution in [0.4, 0.5) is 5.69 Å². The van der Waals surface area contributed by atoms with E-state index in [1.807, 2.05) is 13.8 Å². The molecule has 1 aromatic heterocycles. The lowest BCUT2D eigenvalue weighted by Crippen LogP contribution is -2.20. The summed E-state index contributed by atoms with van der Waals surface area (Å²) in [6.07, 6.45) is 2.37. The van der Waals surface area contributed by atoms with Crippen LogP contribution in [0.3, 0.4) is 0 Å². The van der Waals surface area contributed by atoms with Crippen molar-refractivity contribution in [2.75, 3.05) is 11.9 Å². The molecule has 7 heteroatoms. The normalized spacial score (nSPS) is 10.3.